The van der Waals surface area contributed by atoms with Gasteiger partial charge in [0.25, 0.3) is 0 Å². The van der Waals surface area contributed by atoms with E-state index >= 15 is 0 Å². The van der Waals surface area contributed by atoms with Crippen molar-refractivity contribution >= 4 is 40.9 Å². The van der Waals surface area contributed by atoms with Gasteiger partial charge < -0.3 is 15.3 Å². The van der Waals surface area contributed by atoms with Crippen molar-refractivity contribution in [3.63, 3.8) is 0 Å². The largest absolute Gasteiger partial charge is 0.480 e. The Hall–Kier alpha value is -1.90. The van der Waals surface area contributed by atoms with E-state index in [1.54, 1.807) is 6.07 Å². The number of nitrogens with one attached hydrogen (secondary N) is 1. The average molecular weight is 301 g/mol. The summed E-state index contributed by atoms with van der Waals surface area (Å²) >= 11 is 11.5. The van der Waals surface area contributed by atoms with E-state index in [9.17, 15) is 9.59 Å². The second-order valence-electron chi connectivity index (χ2n) is 3.51. The lowest BCUT2D eigenvalue weighted by atomic mass is 10.3. The summed E-state index contributed by atoms with van der Waals surface area (Å²) in [6, 6.07) is 3.89. The fourth-order valence-corrected chi connectivity index (χ4v) is 1.55. The Morgan fingerprint density at radius 3 is 2.58 bits per heavy atom. The number of carboxylic acids is 1. The molecule has 100 valence electrons. The van der Waals surface area contributed by atoms with Crippen LogP contribution in [-0.4, -0.2) is 35.1 Å². The number of amides is 2. The lowest BCUT2D eigenvalue weighted by molar-refractivity contribution is -0.137. The summed E-state index contributed by atoms with van der Waals surface area (Å²) in [7, 11) is 0. The summed E-state index contributed by atoms with van der Waals surface area (Å²) in [4.78, 5) is 23.4. The first-order valence-corrected chi connectivity index (χ1v) is 5.86. The van der Waals surface area contributed by atoms with E-state index in [1.165, 1.54) is 12.1 Å². The van der Waals surface area contributed by atoms with Crippen LogP contribution in [0.5, 0.6) is 0 Å². The van der Waals surface area contributed by atoms with Crippen molar-refractivity contribution in [1.29, 1.82) is 0 Å². The van der Waals surface area contributed by atoms with Crippen LogP contribution in [-0.2, 0) is 4.79 Å². The molecule has 0 heterocycles. The van der Waals surface area contributed by atoms with E-state index < -0.39 is 18.5 Å². The molecule has 2 N–H and O–H groups in total. The smallest absolute Gasteiger partial charge is 0.323 e. The normalized spacial score (nSPS) is 9.53. The minimum absolute atomic E-state index is 0.112. The van der Waals surface area contributed by atoms with Crippen molar-refractivity contribution in [2.75, 3.05) is 18.4 Å². The van der Waals surface area contributed by atoms with Gasteiger partial charge in [0, 0.05) is 5.69 Å². The van der Waals surface area contributed by atoms with E-state index in [0.29, 0.717) is 10.7 Å². The Balaban J connectivity index is 2.78. The molecule has 0 spiro atoms. The van der Waals surface area contributed by atoms with Crippen LogP contribution < -0.4 is 5.32 Å². The molecular formula is C12H10Cl2N2O3. The topological polar surface area (TPSA) is 69.6 Å². The van der Waals surface area contributed by atoms with Gasteiger partial charge in [-0.2, -0.15) is 0 Å². The monoisotopic (exact) mass is 300 g/mol. The van der Waals surface area contributed by atoms with Crippen molar-refractivity contribution in [3.8, 4) is 12.3 Å². The van der Waals surface area contributed by atoms with Crippen molar-refractivity contribution < 1.29 is 14.7 Å². The zero-order valence-electron chi connectivity index (χ0n) is 9.69. The SMILES string of the molecule is C#CCN(CC(=O)O)C(=O)Nc1ccc(Cl)c(Cl)c1. The first kappa shape index (κ1) is 15.2. The fraction of sp³-hybridized carbons (Fsp3) is 0.167. The molecule has 0 atom stereocenters. The molecule has 1 aromatic rings. The second kappa shape index (κ2) is 6.88. The Kier molecular flexibility index (Phi) is 5.49. The maximum Gasteiger partial charge on any atom is 0.323 e. The van der Waals surface area contributed by atoms with Crippen LogP contribution in [0.15, 0.2) is 18.2 Å². The number of hydrogen-bond donors (Lipinski definition) is 2. The molecule has 0 unspecified atom stereocenters. The van der Waals surface area contributed by atoms with Crippen LogP contribution in [0.2, 0.25) is 10.0 Å². The maximum atomic E-state index is 11.8. The fourth-order valence-electron chi connectivity index (χ4n) is 1.25. The maximum absolute atomic E-state index is 11.8. The Morgan fingerprint density at radius 1 is 1.37 bits per heavy atom. The summed E-state index contributed by atoms with van der Waals surface area (Å²) < 4.78 is 0. The highest BCUT2D eigenvalue weighted by Crippen LogP contribution is 2.25. The van der Waals surface area contributed by atoms with Crippen LogP contribution >= 0.6 is 23.2 Å². The van der Waals surface area contributed by atoms with E-state index in [4.69, 9.17) is 34.7 Å². The van der Waals surface area contributed by atoms with Gasteiger partial charge in [0.15, 0.2) is 0 Å². The molecule has 1 rings (SSSR count). The molecule has 5 nitrogen and oxygen atoms in total. The summed E-state index contributed by atoms with van der Waals surface area (Å²) in [5.74, 6) is 1.06. The summed E-state index contributed by atoms with van der Waals surface area (Å²) in [6.07, 6.45) is 5.08. The van der Waals surface area contributed by atoms with Crippen LogP contribution in [0, 0.1) is 12.3 Å². The van der Waals surface area contributed by atoms with Gasteiger partial charge in [0.05, 0.1) is 16.6 Å². The lowest BCUT2D eigenvalue weighted by Gasteiger charge is -2.18. The number of terminal acetylenes is 1. The van der Waals surface area contributed by atoms with Gasteiger partial charge in [-0.05, 0) is 18.2 Å². The van der Waals surface area contributed by atoms with E-state index in [0.717, 1.165) is 4.90 Å². The van der Waals surface area contributed by atoms with Crippen LogP contribution in [0.3, 0.4) is 0 Å². The molecule has 0 aromatic heterocycles. The molecule has 7 heteroatoms. The first-order chi connectivity index (χ1) is 8.93. The third kappa shape index (κ3) is 4.70. The van der Waals surface area contributed by atoms with Gasteiger partial charge in [-0.1, -0.05) is 29.1 Å². The molecular weight excluding hydrogens is 291 g/mol. The van der Waals surface area contributed by atoms with Crippen molar-refractivity contribution in [2.45, 2.75) is 0 Å². The van der Waals surface area contributed by atoms with Gasteiger partial charge in [0.2, 0.25) is 0 Å². The molecule has 0 fully saturated rings. The predicted molar refractivity (Wildman–Crippen MR) is 73.5 cm³/mol. The first-order valence-electron chi connectivity index (χ1n) is 5.10. The highest BCUT2D eigenvalue weighted by atomic mass is 35.5. The number of halogens is 2. The zero-order valence-corrected chi connectivity index (χ0v) is 11.2. The minimum atomic E-state index is -1.15. The molecule has 0 aliphatic heterocycles. The van der Waals surface area contributed by atoms with Gasteiger partial charge in [0.1, 0.15) is 6.54 Å². The molecule has 0 aliphatic carbocycles. The number of nitrogens with zero attached hydrogens (tertiary/aromatic N) is 1. The number of anilines is 1. The number of benzene rings is 1. The van der Waals surface area contributed by atoms with E-state index in [2.05, 4.69) is 11.2 Å². The standard InChI is InChI=1S/C12H10Cl2N2O3/c1-2-5-16(7-11(17)18)12(19)15-8-3-4-9(13)10(14)6-8/h1,3-4,6H,5,7H2,(H,15,19)(H,17,18). The second-order valence-corrected chi connectivity index (χ2v) is 4.33. The molecule has 19 heavy (non-hydrogen) atoms. The van der Waals surface area contributed by atoms with Gasteiger partial charge in [-0.25, -0.2) is 4.79 Å². The number of urea groups is 1. The minimum Gasteiger partial charge on any atom is -0.480 e. The summed E-state index contributed by atoms with van der Waals surface area (Å²) in [5, 5.41) is 11.8. The number of rotatable bonds is 4. The van der Waals surface area contributed by atoms with Crippen LogP contribution in [0.1, 0.15) is 0 Å². The highest BCUT2D eigenvalue weighted by molar-refractivity contribution is 6.42. The molecule has 0 saturated carbocycles. The number of hydrogen-bond acceptors (Lipinski definition) is 2. The van der Waals surface area contributed by atoms with Crippen LogP contribution in [0.4, 0.5) is 10.5 Å². The average Bonchev–Trinajstić information content (AvgIpc) is 2.33. The molecule has 0 saturated heterocycles. The number of carboxylic acid groups (broad SMARTS) is 1. The van der Waals surface area contributed by atoms with Crippen LogP contribution in [0.25, 0.3) is 0 Å². The molecule has 2 amide bonds. The van der Waals surface area contributed by atoms with Gasteiger partial charge in [-0.3, -0.25) is 4.79 Å². The molecule has 0 radical (unpaired) electrons. The van der Waals surface area contributed by atoms with Crippen molar-refractivity contribution in [1.82, 2.24) is 4.90 Å². The summed E-state index contributed by atoms with van der Waals surface area (Å²) in [6.45, 7) is -0.600. The third-order valence-electron chi connectivity index (χ3n) is 2.07. The number of carbonyl (C=O) groups excluding carboxylic acids is 1. The molecule has 0 aliphatic rings. The highest BCUT2D eigenvalue weighted by Gasteiger charge is 2.16. The van der Waals surface area contributed by atoms with E-state index in [1.807, 2.05) is 0 Å². The predicted octanol–water partition coefficient (Wildman–Crippen LogP) is 2.55. The van der Waals surface area contributed by atoms with Gasteiger partial charge in [-0.15, -0.1) is 6.42 Å². The zero-order chi connectivity index (χ0) is 14.4. The Labute approximate surface area is 120 Å². The number of aliphatic carboxylic acids is 1. The lowest BCUT2D eigenvalue weighted by Crippen LogP contribution is -2.39. The van der Waals surface area contributed by atoms with Crippen molar-refractivity contribution in [2.24, 2.45) is 0 Å². The quantitative estimate of drug-likeness (QED) is 0.840. The van der Waals surface area contributed by atoms with Gasteiger partial charge >= 0.3 is 12.0 Å². The number of carbonyl (C=O) groups is 2. The Morgan fingerprint density at radius 2 is 2.05 bits per heavy atom. The molecule has 1 aromatic carbocycles. The Bertz CT molecular complexity index is 540. The summed E-state index contributed by atoms with van der Waals surface area (Å²) in [5.41, 5.74) is 0.395. The van der Waals surface area contributed by atoms with E-state index in [-0.39, 0.29) is 11.6 Å². The molecule has 0 bridgehead atoms. The van der Waals surface area contributed by atoms with Crippen molar-refractivity contribution in [3.05, 3.63) is 28.2 Å². The third-order valence-corrected chi connectivity index (χ3v) is 2.81.